The highest BCUT2D eigenvalue weighted by Gasteiger charge is 2.09. The van der Waals surface area contributed by atoms with E-state index in [1.54, 1.807) is 23.9 Å². The first-order valence-corrected chi connectivity index (χ1v) is 7.71. The summed E-state index contributed by atoms with van der Waals surface area (Å²) < 4.78 is 5.61. The van der Waals surface area contributed by atoms with Gasteiger partial charge in [0.15, 0.2) is 0 Å². The molecule has 1 aromatic rings. The van der Waals surface area contributed by atoms with Crippen LogP contribution in [-0.2, 0) is 4.79 Å². The third-order valence-electron chi connectivity index (χ3n) is 2.18. The Morgan fingerprint density at radius 3 is 2.84 bits per heavy atom. The number of hydrogen-bond donors (Lipinski definition) is 1. The molecule has 0 saturated heterocycles. The normalized spacial score (nSPS) is 10.9. The Kier molecular flexibility index (Phi) is 7.13. The van der Waals surface area contributed by atoms with E-state index in [4.69, 9.17) is 33.0 Å². The monoisotopic (exact) mass is 320 g/mol. The van der Waals surface area contributed by atoms with Gasteiger partial charge in [-0.25, -0.2) is 4.79 Å². The summed E-state index contributed by atoms with van der Waals surface area (Å²) >= 11 is 13.7. The molecule has 3 nitrogen and oxygen atoms in total. The maximum Gasteiger partial charge on any atom is 0.328 e. The number of ether oxygens (including phenoxy) is 1. The fourth-order valence-corrected chi connectivity index (χ4v) is 2.37. The van der Waals surface area contributed by atoms with Crippen molar-refractivity contribution in [3.63, 3.8) is 0 Å². The first-order valence-electron chi connectivity index (χ1n) is 5.56. The maximum atomic E-state index is 10.6. The van der Waals surface area contributed by atoms with E-state index in [-0.39, 0.29) is 0 Å². The number of halogens is 2. The van der Waals surface area contributed by atoms with Crippen molar-refractivity contribution in [2.75, 3.05) is 18.6 Å². The summed E-state index contributed by atoms with van der Waals surface area (Å²) in [5.74, 6) is 0.417. The van der Waals surface area contributed by atoms with Gasteiger partial charge in [-0.1, -0.05) is 23.2 Å². The van der Waals surface area contributed by atoms with E-state index in [9.17, 15) is 4.79 Å². The Hall–Kier alpha value is -0.840. The average Bonchev–Trinajstić information content (AvgIpc) is 2.34. The first-order chi connectivity index (χ1) is 9.04. The van der Waals surface area contributed by atoms with E-state index in [1.807, 2.05) is 6.26 Å². The van der Waals surface area contributed by atoms with Crippen molar-refractivity contribution in [1.29, 1.82) is 0 Å². The summed E-state index contributed by atoms with van der Waals surface area (Å²) in [5, 5.41) is 9.47. The molecule has 0 spiro atoms. The van der Waals surface area contributed by atoms with Crippen LogP contribution in [0.4, 0.5) is 0 Å². The van der Waals surface area contributed by atoms with Crippen molar-refractivity contribution in [2.45, 2.75) is 6.42 Å². The van der Waals surface area contributed by atoms with Crippen LogP contribution >= 0.6 is 35.0 Å². The molecule has 0 radical (unpaired) electrons. The molecule has 0 aliphatic heterocycles. The third kappa shape index (κ3) is 5.76. The van der Waals surface area contributed by atoms with Crippen molar-refractivity contribution < 1.29 is 14.6 Å². The Morgan fingerprint density at radius 1 is 1.47 bits per heavy atom. The fourth-order valence-electron chi connectivity index (χ4n) is 1.39. The van der Waals surface area contributed by atoms with Crippen molar-refractivity contribution >= 4 is 47.0 Å². The second kappa shape index (κ2) is 8.35. The lowest BCUT2D eigenvalue weighted by Crippen LogP contribution is -2.01. The summed E-state index contributed by atoms with van der Waals surface area (Å²) in [5.41, 5.74) is 0.559. The van der Waals surface area contributed by atoms with E-state index in [0.29, 0.717) is 28.0 Å². The Balaban J connectivity index is 2.89. The molecule has 19 heavy (non-hydrogen) atoms. The second-order valence-electron chi connectivity index (χ2n) is 3.67. The minimum Gasteiger partial charge on any atom is -0.491 e. The standard InChI is InChI=1S/C13H14Cl2O3S/c1-19-6-2-5-18-13-9(3-4-12(16)17)7-10(14)8-11(13)15/h3-4,7-8H,2,5-6H2,1H3,(H,16,17)/b4-3+. The van der Waals surface area contributed by atoms with Crippen LogP contribution in [0.2, 0.25) is 10.0 Å². The van der Waals surface area contributed by atoms with Crippen molar-refractivity contribution in [3.05, 3.63) is 33.8 Å². The van der Waals surface area contributed by atoms with Gasteiger partial charge in [-0.2, -0.15) is 11.8 Å². The van der Waals surface area contributed by atoms with Crippen molar-refractivity contribution in [2.24, 2.45) is 0 Å². The molecule has 0 saturated carbocycles. The molecule has 1 N–H and O–H groups in total. The third-order valence-corrected chi connectivity index (χ3v) is 3.38. The zero-order valence-corrected chi connectivity index (χ0v) is 12.7. The molecule has 0 heterocycles. The van der Waals surface area contributed by atoms with Crippen LogP contribution in [0.1, 0.15) is 12.0 Å². The topological polar surface area (TPSA) is 46.5 Å². The highest BCUT2D eigenvalue weighted by molar-refractivity contribution is 7.98. The number of carbonyl (C=O) groups is 1. The van der Waals surface area contributed by atoms with Gasteiger partial charge in [-0.3, -0.25) is 0 Å². The molecular formula is C13H14Cl2O3S. The number of hydrogen-bond acceptors (Lipinski definition) is 3. The molecule has 1 rings (SSSR count). The van der Waals surface area contributed by atoms with Crippen LogP contribution in [0.3, 0.4) is 0 Å². The van der Waals surface area contributed by atoms with Gasteiger partial charge in [0.1, 0.15) is 5.75 Å². The minimum atomic E-state index is -1.04. The largest absolute Gasteiger partial charge is 0.491 e. The second-order valence-corrected chi connectivity index (χ2v) is 5.50. The summed E-state index contributed by atoms with van der Waals surface area (Å²) in [6, 6.07) is 3.20. The van der Waals surface area contributed by atoms with Gasteiger partial charge < -0.3 is 9.84 Å². The molecule has 0 atom stereocenters. The van der Waals surface area contributed by atoms with Crippen LogP contribution in [0.5, 0.6) is 5.75 Å². The van der Waals surface area contributed by atoms with Crippen LogP contribution in [-0.4, -0.2) is 29.7 Å². The minimum absolute atomic E-state index is 0.377. The molecule has 0 aliphatic carbocycles. The zero-order chi connectivity index (χ0) is 14.3. The molecule has 1 aromatic carbocycles. The van der Waals surface area contributed by atoms with Gasteiger partial charge in [0.2, 0.25) is 0 Å². The molecule has 0 bridgehead atoms. The van der Waals surface area contributed by atoms with Crippen LogP contribution < -0.4 is 4.74 Å². The lowest BCUT2D eigenvalue weighted by Gasteiger charge is -2.11. The molecule has 0 fully saturated rings. The van der Waals surface area contributed by atoms with E-state index in [0.717, 1.165) is 18.2 Å². The zero-order valence-electron chi connectivity index (χ0n) is 10.4. The molecule has 0 aromatic heterocycles. The van der Waals surface area contributed by atoms with Gasteiger partial charge in [0, 0.05) is 16.7 Å². The van der Waals surface area contributed by atoms with Crippen molar-refractivity contribution in [1.82, 2.24) is 0 Å². The molecule has 104 valence electrons. The van der Waals surface area contributed by atoms with E-state index in [2.05, 4.69) is 0 Å². The van der Waals surface area contributed by atoms with Gasteiger partial charge in [0.05, 0.1) is 11.6 Å². The van der Waals surface area contributed by atoms with E-state index < -0.39 is 5.97 Å². The highest BCUT2D eigenvalue weighted by Crippen LogP contribution is 2.33. The SMILES string of the molecule is CSCCCOc1c(Cl)cc(Cl)cc1/C=C/C(=O)O. The molecule has 6 heteroatoms. The Morgan fingerprint density at radius 2 is 2.21 bits per heavy atom. The predicted octanol–water partition coefficient (Wildman–Crippen LogP) is 4.22. The smallest absolute Gasteiger partial charge is 0.328 e. The summed E-state index contributed by atoms with van der Waals surface area (Å²) in [6.07, 6.45) is 5.36. The molecule has 0 amide bonds. The van der Waals surface area contributed by atoms with Gasteiger partial charge in [0.25, 0.3) is 0 Å². The highest BCUT2D eigenvalue weighted by atomic mass is 35.5. The lowest BCUT2D eigenvalue weighted by molar-refractivity contribution is -0.131. The number of carboxylic acids is 1. The van der Waals surface area contributed by atoms with Gasteiger partial charge in [-0.05, 0) is 36.6 Å². The van der Waals surface area contributed by atoms with E-state index in [1.165, 1.54) is 6.08 Å². The first kappa shape index (κ1) is 16.2. The molecule has 0 aliphatic rings. The fraction of sp³-hybridized carbons (Fsp3) is 0.308. The Bertz CT molecular complexity index is 475. The number of thioether (sulfide) groups is 1. The van der Waals surface area contributed by atoms with Crippen LogP contribution in [0.15, 0.2) is 18.2 Å². The van der Waals surface area contributed by atoms with Gasteiger partial charge >= 0.3 is 5.97 Å². The molecular weight excluding hydrogens is 307 g/mol. The number of benzene rings is 1. The number of carboxylic acid groups (broad SMARTS) is 1. The van der Waals surface area contributed by atoms with Crippen LogP contribution in [0.25, 0.3) is 6.08 Å². The Labute approximate surface area is 126 Å². The molecule has 0 unspecified atom stereocenters. The quantitative estimate of drug-likeness (QED) is 0.603. The average molecular weight is 321 g/mol. The summed E-state index contributed by atoms with van der Waals surface area (Å²) in [4.78, 5) is 10.6. The summed E-state index contributed by atoms with van der Waals surface area (Å²) in [7, 11) is 0. The number of aliphatic carboxylic acids is 1. The number of rotatable bonds is 7. The van der Waals surface area contributed by atoms with Crippen LogP contribution in [0, 0.1) is 0 Å². The summed E-state index contributed by atoms with van der Waals surface area (Å²) in [6.45, 7) is 0.524. The maximum absolute atomic E-state index is 10.6. The van der Waals surface area contributed by atoms with Crippen molar-refractivity contribution in [3.8, 4) is 5.75 Å². The van der Waals surface area contributed by atoms with Gasteiger partial charge in [-0.15, -0.1) is 0 Å². The van der Waals surface area contributed by atoms with E-state index >= 15 is 0 Å². The lowest BCUT2D eigenvalue weighted by atomic mass is 10.2. The predicted molar refractivity (Wildman–Crippen MR) is 81.6 cm³/mol.